The van der Waals surface area contributed by atoms with Crippen LogP contribution in [0.3, 0.4) is 0 Å². The van der Waals surface area contributed by atoms with Crippen LogP contribution in [0.5, 0.6) is 11.5 Å². The van der Waals surface area contributed by atoms with Crippen LogP contribution >= 0.6 is 0 Å². The number of carbonyl (C=O) groups is 2. The van der Waals surface area contributed by atoms with Gasteiger partial charge in [0, 0.05) is 25.4 Å². The highest BCUT2D eigenvalue weighted by Gasteiger charge is 2.53. The van der Waals surface area contributed by atoms with Gasteiger partial charge in [0.2, 0.25) is 5.43 Å². The van der Waals surface area contributed by atoms with Crippen molar-refractivity contribution in [2.24, 2.45) is 13.0 Å². The second-order valence-electron chi connectivity index (χ2n) is 10.8. The molecule has 1 unspecified atom stereocenters. The maximum atomic E-state index is 14.1. The lowest BCUT2D eigenvalue weighted by Crippen LogP contribution is -2.57. The fourth-order valence-corrected chi connectivity index (χ4v) is 6.12. The predicted octanol–water partition coefficient (Wildman–Crippen LogP) is 4.26. The average molecular weight is 533 g/mol. The van der Waals surface area contributed by atoms with Gasteiger partial charge in [-0.2, -0.15) is 0 Å². The molecule has 0 fully saturated rings. The van der Waals surface area contributed by atoms with E-state index in [0.29, 0.717) is 38.9 Å². The van der Waals surface area contributed by atoms with Gasteiger partial charge in [0.15, 0.2) is 0 Å². The zero-order chi connectivity index (χ0) is 28.4. The van der Waals surface area contributed by atoms with Gasteiger partial charge in [0.25, 0.3) is 0 Å². The van der Waals surface area contributed by atoms with Crippen molar-refractivity contribution in [1.29, 1.82) is 0 Å². The Bertz CT molecular complexity index is 1720. The summed E-state index contributed by atoms with van der Waals surface area (Å²) in [4.78, 5) is 40.7. The molecule has 0 spiro atoms. The van der Waals surface area contributed by atoms with E-state index in [1.807, 2.05) is 48.0 Å². The first-order valence-electron chi connectivity index (χ1n) is 12.7. The van der Waals surface area contributed by atoms with Crippen molar-refractivity contribution < 1.29 is 28.9 Å². The number of pyridine rings is 1. The van der Waals surface area contributed by atoms with Gasteiger partial charge < -0.3 is 23.9 Å². The van der Waals surface area contributed by atoms with E-state index in [1.165, 1.54) is 14.0 Å². The molecule has 0 bridgehead atoms. The zero-order valence-corrected chi connectivity index (χ0v) is 23.1. The van der Waals surface area contributed by atoms with Gasteiger partial charge in [-0.3, -0.25) is 19.3 Å². The molecule has 3 aromatic carbocycles. The van der Waals surface area contributed by atoms with Gasteiger partial charge >= 0.3 is 11.9 Å². The van der Waals surface area contributed by atoms with Crippen LogP contribution in [0.1, 0.15) is 32.4 Å². The topological polar surface area (TPSA) is 107 Å². The number of carboxylic acids is 1. The summed E-state index contributed by atoms with van der Waals surface area (Å²) in [6.45, 7) is 4.84. The van der Waals surface area contributed by atoms with E-state index in [9.17, 15) is 19.5 Å². The third-order valence-electron chi connectivity index (χ3n) is 7.75. The Morgan fingerprint density at radius 1 is 1.13 bits per heavy atom. The molecule has 9 nitrogen and oxygen atoms in total. The largest absolute Gasteiger partial charge is 0.496 e. The van der Waals surface area contributed by atoms with Gasteiger partial charge in [-0.15, -0.1) is 0 Å². The number of likely N-dealkylation sites (N-methyl/N-ethyl adjacent to an activating group) is 1. The molecule has 9 heteroatoms. The number of ether oxygens (including phenoxy) is 3. The number of aliphatic carboxylic acids is 1. The van der Waals surface area contributed by atoms with Gasteiger partial charge in [-0.05, 0) is 50.8 Å². The number of fused-ring (bicyclic) bond motifs is 5. The lowest BCUT2D eigenvalue weighted by atomic mass is 9.74. The van der Waals surface area contributed by atoms with Crippen LogP contribution in [0.2, 0.25) is 0 Å². The van der Waals surface area contributed by atoms with Crippen LogP contribution in [0, 0.1) is 5.92 Å². The highest BCUT2D eigenvalue weighted by atomic mass is 16.6. The smallest absolute Gasteiger partial charge is 0.321 e. The van der Waals surface area contributed by atoms with Crippen LogP contribution in [-0.2, 0) is 21.4 Å². The third kappa shape index (κ3) is 4.08. The molecule has 1 aliphatic rings. The van der Waals surface area contributed by atoms with Gasteiger partial charge in [-0.1, -0.05) is 24.3 Å². The van der Waals surface area contributed by atoms with Crippen LogP contribution in [-0.4, -0.2) is 59.4 Å². The second-order valence-corrected chi connectivity index (χ2v) is 10.8. The summed E-state index contributed by atoms with van der Waals surface area (Å²) >= 11 is 0. The standard InChI is InChI=1S/C30H32N2O7/c1-15(33)38-28-23-21(39-30(2,3)24(28)26(29(35)36)31(4)5)14-20(37-7)22-25(23)32(6)19-13-17-11-9-8-10-16(17)12-18(19)27(22)34/h8-14,24,26,28H,1-7H3,(H,35,36)/t24-,26?,28-/m1/s1. The fourth-order valence-electron chi connectivity index (χ4n) is 6.12. The van der Waals surface area contributed by atoms with Crippen LogP contribution in [0.25, 0.3) is 32.6 Å². The maximum absolute atomic E-state index is 14.1. The van der Waals surface area contributed by atoms with Crippen LogP contribution < -0.4 is 14.9 Å². The summed E-state index contributed by atoms with van der Waals surface area (Å²) in [5.74, 6) is -1.79. The van der Waals surface area contributed by atoms with E-state index in [4.69, 9.17) is 14.2 Å². The lowest BCUT2D eigenvalue weighted by Gasteiger charge is -2.48. The highest BCUT2D eigenvalue weighted by molar-refractivity contribution is 6.04. The first-order valence-corrected chi connectivity index (χ1v) is 12.7. The number of rotatable bonds is 5. The summed E-state index contributed by atoms with van der Waals surface area (Å²) < 4.78 is 20.0. The number of aryl methyl sites for hydroxylation is 1. The van der Waals surface area contributed by atoms with Crippen LogP contribution in [0.15, 0.2) is 47.3 Å². The summed E-state index contributed by atoms with van der Waals surface area (Å²) in [7, 11) is 6.64. The van der Waals surface area contributed by atoms with E-state index < -0.39 is 35.6 Å². The van der Waals surface area contributed by atoms with Gasteiger partial charge in [-0.25, -0.2) is 0 Å². The van der Waals surface area contributed by atoms with Crippen molar-refractivity contribution in [3.8, 4) is 11.5 Å². The minimum atomic E-state index is -1.08. The molecule has 0 saturated heterocycles. The first kappa shape index (κ1) is 26.5. The Hall–Kier alpha value is -4.11. The number of methoxy groups -OCH3 is 1. The Morgan fingerprint density at radius 3 is 2.33 bits per heavy atom. The van der Waals surface area contributed by atoms with Crippen molar-refractivity contribution in [2.45, 2.75) is 38.5 Å². The average Bonchev–Trinajstić information content (AvgIpc) is 2.86. The molecule has 1 aromatic heterocycles. The number of hydrogen-bond donors (Lipinski definition) is 1. The number of carboxylic acid groups (broad SMARTS) is 1. The van der Waals surface area contributed by atoms with Crippen molar-refractivity contribution in [3.63, 3.8) is 0 Å². The Morgan fingerprint density at radius 2 is 1.77 bits per heavy atom. The molecule has 3 atom stereocenters. The van der Waals surface area contributed by atoms with Gasteiger partial charge in [0.05, 0.1) is 35.0 Å². The summed E-state index contributed by atoms with van der Waals surface area (Å²) in [5, 5.41) is 13.0. The molecule has 1 aliphatic heterocycles. The minimum absolute atomic E-state index is 0.242. The molecule has 4 aromatic rings. The number of esters is 1. The number of carbonyl (C=O) groups excluding carboxylic acids is 1. The molecule has 39 heavy (non-hydrogen) atoms. The number of aromatic nitrogens is 1. The van der Waals surface area contributed by atoms with Crippen molar-refractivity contribution in [1.82, 2.24) is 9.47 Å². The molecule has 0 radical (unpaired) electrons. The molecule has 0 saturated carbocycles. The fraction of sp³-hybridized carbons (Fsp3) is 0.367. The van der Waals surface area contributed by atoms with Crippen molar-refractivity contribution in [3.05, 3.63) is 58.3 Å². The van der Waals surface area contributed by atoms with Crippen LogP contribution in [0.4, 0.5) is 0 Å². The lowest BCUT2D eigenvalue weighted by molar-refractivity contribution is -0.170. The summed E-state index contributed by atoms with van der Waals surface area (Å²) in [6, 6.07) is 12.2. The molecule has 2 heterocycles. The third-order valence-corrected chi connectivity index (χ3v) is 7.75. The highest BCUT2D eigenvalue weighted by Crippen LogP contribution is 2.52. The van der Waals surface area contributed by atoms with E-state index in [2.05, 4.69) is 0 Å². The molecule has 0 amide bonds. The number of hydrogen-bond acceptors (Lipinski definition) is 7. The molecule has 204 valence electrons. The van der Waals surface area contributed by atoms with E-state index in [1.54, 1.807) is 38.9 Å². The second kappa shape index (κ2) is 9.27. The molecule has 0 aliphatic carbocycles. The zero-order valence-electron chi connectivity index (χ0n) is 23.1. The maximum Gasteiger partial charge on any atom is 0.321 e. The Labute approximate surface area is 225 Å². The Balaban J connectivity index is 1.97. The van der Waals surface area contributed by atoms with Crippen molar-refractivity contribution >= 4 is 44.5 Å². The normalized spacial score (nSPS) is 19.1. The van der Waals surface area contributed by atoms with E-state index in [-0.39, 0.29) is 5.43 Å². The summed E-state index contributed by atoms with van der Waals surface area (Å²) in [6.07, 6.45) is -1.03. The number of benzene rings is 3. The monoisotopic (exact) mass is 532 g/mol. The quantitative estimate of drug-likeness (QED) is 0.300. The van der Waals surface area contributed by atoms with Crippen molar-refractivity contribution in [2.75, 3.05) is 21.2 Å². The molecule has 5 rings (SSSR count). The first-order chi connectivity index (χ1) is 18.4. The van der Waals surface area contributed by atoms with E-state index in [0.717, 1.165) is 10.8 Å². The molecule has 1 N–H and O–H groups in total. The SMILES string of the molecule is COc1cc2c(c3c1c(=O)c1cc4ccccc4cc1n3C)[C@@H](OC(C)=O)[C@@H](C(C(=O)O)N(C)C)C(C)(C)O2. The number of nitrogens with zero attached hydrogens (tertiary/aromatic N) is 2. The van der Waals surface area contributed by atoms with Gasteiger partial charge in [0.1, 0.15) is 29.2 Å². The minimum Gasteiger partial charge on any atom is -0.496 e. The molecular formula is C30H32N2O7. The van der Waals surface area contributed by atoms with E-state index >= 15 is 0 Å². The predicted molar refractivity (Wildman–Crippen MR) is 149 cm³/mol. The molecular weight excluding hydrogens is 500 g/mol. The summed E-state index contributed by atoms with van der Waals surface area (Å²) in [5.41, 5.74) is 0.270. The Kier molecular flexibility index (Phi) is 6.30.